The van der Waals surface area contributed by atoms with E-state index in [1.807, 2.05) is 36.4 Å². The van der Waals surface area contributed by atoms with E-state index in [1.165, 1.54) is 12.8 Å². The summed E-state index contributed by atoms with van der Waals surface area (Å²) in [5, 5.41) is 3.34. The van der Waals surface area contributed by atoms with Gasteiger partial charge in [-0.05, 0) is 62.2 Å². The molecule has 1 aromatic carbocycles. The van der Waals surface area contributed by atoms with Gasteiger partial charge in [0.1, 0.15) is 12.4 Å². The Kier molecular flexibility index (Phi) is 7.82. The molecule has 0 saturated carbocycles. The van der Waals surface area contributed by atoms with Crippen molar-refractivity contribution in [1.82, 2.24) is 19.9 Å². The van der Waals surface area contributed by atoms with Crippen LogP contribution in [0.2, 0.25) is 0 Å². The molecule has 0 unspecified atom stereocenters. The Hall–Kier alpha value is -3.49. The van der Waals surface area contributed by atoms with Crippen LogP contribution in [0.25, 0.3) is 11.3 Å². The molecule has 6 bridgehead atoms. The average molecular weight is 474 g/mol. The third-order valence-electron chi connectivity index (χ3n) is 5.97. The number of pyridine rings is 1. The number of nitrogens with one attached hydrogen (secondary N) is 1. The van der Waals surface area contributed by atoms with Crippen LogP contribution in [0.1, 0.15) is 24.8 Å². The van der Waals surface area contributed by atoms with Crippen LogP contribution >= 0.6 is 0 Å². The van der Waals surface area contributed by atoms with Gasteiger partial charge < -0.3 is 19.5 Å². The molecule has 1 N–H and O–H groups in total. The van der Waals surface area contributed by atoms with E-state index in [2.05, 4.69) is 32.3 Å². The number of ether oxygens (including phenoxy) is 3. The number of fused-ring (bicyclic) bond motifs is 7. The lowest BCUT2D eigenvalue weighted by Crippen LogP contribution is -2.25. The third-order valence-corrected chi connectivity index (χ3v) is 5.97. The summed E-state index contributed by atoms with van der Waals surface area (Å²) in [7, 11) is 0. The van der Waals surface area contributed by atoms with E-state index in [1.54, 1.807) is 12.4 Å². The molecular formula is C27H31N5O3. The number of anilines is 2. The molecule has 0 amide bonds. The molecule has 2 aromatic heterocycles. The maximum atomic E-state index is 6.13. The highest BCUT2D eigenvalue weighted by Crippen LogP contribution is 2.26. The van der Waals surface area contributed by atoms with Gasteiger partial charge in [-0.2, -0.15) is 0 Å². The lowest BCUT2D eigenvalue weighted by Gasteiger charge is -2.16. The molecule has 4 heterocycles. The minimum Gasteiger partial charge on any atom is -0.492 e. The molecule has 8 nitrogen and oxygen atoms in total. The zero-order valence-corrected chi connectivity index (χ0v) is 19.9. The van der Waals surface area contributed by atoms with Gasteiger partial charge in [0.25, 0.3) is 0 Å². The summed E-state index contributed by atoms with van der Waals surface area (Å²) in [6.45, 7) is 5.48. The largest absolute Gasteiger partial charge is 0.492 e. The smallest absolute Gasteiger partial charge is 0.227 e. The Morgan fingerprint density at radius 1 is 1.00 bits per heavy atom. The van der Waals surface area contributed by atoms with E-state index in [0.29, 0.717) is 38.3 Å². The van der Waals surface area contributed by atoms with E-state index in [0.717, 1.165) is 54.3 Å². The van der Waals surface area contributed by atoms with Crippen LogP contribution in [0, 0.1) is 0 Å². The fourth-order valence-electron chi connectivity index (χ4n) is 4.22. The highest BCUT2D eigenvalue weighted by Gasteiger charge is 2.12. The van der Waals surface area contributed by atoms with Crippen molar-refractivity contribution < 1.29 is 14.2 Å². The molecule has 0 radical (unpaired) electrons. The van der Waals surface area contributed by atoms with Crippen LogP contribution in [-0.4, -0.2) is 59.3 Å². The summed E-state index contributed by atoms with van der Waals surface area (Å²) in [5.41, 5.74) is 3.59. The van der Waals surface area contributed by atoms with Crippen molar-refractivity contribution in [2.75, 3.05) is 44.8 Å². The SMILES string of the molecule is C1=C/COCc2cc(cc(OCCN3CCCC3)c2)Nc2nccc(n2)-c2ccnc(c2)OCC/1. The normalized spacial score (nSPS) is 17.5. The second-order valence-electron chi connectivity index (χ2n) is 8.66. The van der Waals surface area contributed by atoms with Crippen molar-refractivity contribution in [3.8, 4) is 22.9 Å². The predicted octanol–water partition coefficient (Wildman–Crippen LogP) is 4.61. The van der Waals surface area contributed by atoms with E-state index >= 15 is 0 Å². The molecule has 2 aliphatic heterocycles. The van der Waals surface area contributed by atoms with Crippen molar-refractivity contribution in [3.05, 3.63) is 66.5 Å². The maximum Gasteiger partial charge on any atom is 0.227 e. The van der Waals surface area contributed by atoms with Crippen LogP contribution in [-0.2, 0) is 11.3 Å². The van der Waals surface area contributed by atoms with Crippen molar-refractivity contribution >= 4 is 11.6 Å². The van der Waals surface area contributed by atoms with E-state index in [9.17, 15) is 0 Å². The molecule has 1 saturated heterocycles. The molecule has 0 aliphatic carbocycles. The molecule has 5 rings (SSSR count). The fraction of sp³-hybridized carbons (Fsp3) is 0.370. The molecule has 0 spiro atoms. The quantitative estimate of drug-likeness (QED) is 0.550. The van der Waals surface area contributed by atoms with E-state index < -0.39 is 0 Å². The van der Waals surface area contributed by atoms with Crippen LogP contribution in [0.5, 0.6) is 11.6 Å². The first kappa shape index (κ1) is 23.3. The number of aromatic nitrogens is 3. The Bertz CT molecular complexity index is 1150. The van der Waals surface area contributed by atoms with Gasteiger partial charge in [0.15, 0.2) is 0 Å². The van der Waals surface area contributed by atoms with Gasteiger partial charge in [0, 0.05) is 42.3 Å². The molecule has 8 heteroatoms. The highest BCUT2D eigenvalue weighted by atomic mass is 16.5. The summed E-state index contributed by atoms with van der Waals surface area (Å²) < 4.78 is 17.8. The first-order valence-electron chi connectivity index (χ1n) is 12.2. The van der Waals surface area contributed by atoms with E-state index in [-0.39, 0.29) is 0 Å². The number of nitrogens with zero attached hydrogens (tertiary/aromatic N) is 4. The van der Waals surface area contributed by atoms with Crippen LogP contribution < -0.4 is 14.8 Å². The van der Waals surface area contributed by atoms with Gasteiger partial charge in [-0.15, -0.1) is 0 Å². The molecule has 0 atom stereocenters. The average Bonchev–Trinajstić information content (AvgIpc) is 3.39. The van der Waals surface area contributed by atoms with Gasteiger partial charge >= 0.3 is 0 Å². The number of likely N-dealkylation sites (tertiary alicyclic amines) is 1. The zero-order chi connectivity index (χ0) is 23.7. The standard InChI is InChI=1S/C27H31N5O3/c1-4-13-33-20-21-16-23(19-24(17-21)34-15-12-32-10-2-3-11-32)30-27-29-9-7-25(31-27)22-6-8-28-26(18-22)35-14-5-1/h1,4,6-9,16-19H,2-3,5,10-15,20H2,(H,29,30,31)/b4-1+. The minimum absolute atomic E-state index is 0.480. The number of hydrogen-bond donors (Lipinski definition) is 1. The molecule has 182 valence electrons. The second kappa shape index (κ2) is 11.8. The predicted molar refractivity (Wildman–Crippen MR) is 135 cm³/mol. The number of rotatable bonds is 4. The van der Waals surface area contributed by atoms with E-state index in [4.69, 9.17) is 19.2 Å². The van der Waals surface area contributed by atoms with Crippen molar-refractivity contribution in [3.63, 3.8) is 0 Å². The van der Waals surface area contributed by atoms with Crippen molar-refractivity contribution in [1.29, 1.82) is 0 Å². The van der Waals surface area contributed by atoms with Gasteiger partial charge in [-0.25, -0.2) is 15.0 Å². The summed E-state index contributed by atoms with van der Waals surface area (Å²) in [6, 6.07) is 11.8. The summed E-state index contributed by atoms with van der Waals surface area (Å²) in [4.78, 5) is 15.9. The third kappa shape index (κ3) is 6.77. The summed E-state index contributed by atoms with van der Waals surface area (Å²) in [6.07, 6.45) is 10.9. The monoisotopic (exact) mass is 473 g/mol. The lowest BCUT2D eigenvalue weighted by molar-refractivity contribution is 0.148. The first-order chi connectivity index (χ1) is 17.3. The van der Waals surface area contributed by atoms with Gasteiger partial charge in [0.2, 0.25) is 11.8 Å². The van der Waals surface area contributed by atoms with Crippen LogP contribution in [0.3, 0.4) is 0 Å². The first-order valence-corrected chi connectivity index (χ1v) is 12.2. The van der Waals surface area contributed by atoms with Crippen molar-refractivity contribution in [2.45, 2.75) is 25.9 Å². The van der Waals surface area contributed by atoms with Gasteiger partial charge in [0.05, 0.1) is 25.5 Å². The second-order valence-corrected chi connectivity index (χ2v) is 8.66. The lowest BCUT2D eigenvalue weighted by atomic mass is 10.2. The fourth-order valence-corrected chi connectivity index (χ4v) is 4.22. The Morgan fingerprint density at radius 2 is 1.91 bits per heavy atom. The molecule has 35 heavy (non-hydrogen) atoms. The van der Waals surface area contributed by atoms with Crippen LogP contribution in [0.4, 0.5) is 11.6 Å². The minimum atomic E-state index is 0.480. The number of benzene rings is 1. The van der Waals surface area contributed by atoms with Crippen molar-refractivity contribution in [2.24, 2.45) is 0 Å². The Labute approximate surface area is 206 Å². The maximum absolute atomic E-state index is 6.13. The molecule has 1 fully saturated rings. The van der Waals surface area contributed by atoms with Gasteiger partial charge in [-0.3, -0.25) is 4.90 Å². The Balaban J connectivity index is 1.38. The summed E-state index contributed by atoms with van der Waals surface area (Å²) in [5.74, 6) is 1.89. The molecular weight excluding hydrogens is 442 g/mol. The van der Waals surface area contributed by atoms with Gasteiger partial charge in [-0.1, -0.05) is 12.2 Å². The Morgan fingerprint density at radius 3 is 2.86 bits per heavy atom. The van der Waals surface area contributed by atoms with Crippen LogP contribution in [0.15, 0.2) is 60.9 Å². The molecule has 3 aromatic rings. The summed E-state index contributed by atoms with van der Waals surface area (Å²) >= 11 is 0. The number of hydrogen-bond acceptors (Lipinski definition) is 8. The molecule has 2 aliphatic rings. The highest BCUT2D eigenvalue weighted by molar-refractivity contribution is 5.63. The topological polar surface area (TPSA) is 81.6 Å². The zero-order valence-electron chi connectivity index (χ0n) is 19.9.